The smallest absolute Gasteiger partial charge is 0.281 e. The Morgan fingerprint density at radius 1 is 1.12 bits per heavy atom. The highest BCUT2D eigenvalue weighted by Gasteiger charge is 2.32. The molecule has 1 saturated heterocycles. The lowest BCUT2D eigenvalue weighted by molar-refractivity contribution is -0.113. The number of nitriles is 1. The SMILES string of the molecule is COc1ccc(/C=C2/NC(=S)N(c3cccc(C)c3)C2=O)cc1CSc1nc(C(F)F)cc(-c2ccccc2)c1C#N. The number of alkyl halides is 2. The fourth-order valence-electron chi connectivity index (χ4n) is 4.56. The molecule has 1 aliphatic heterocycles. The molecule has 0 bridgehead atoms. The first-order valence-electron chi connectivity index (χ1n) is 12.8. The van der Waals surface area contributed by atoms with E-state index in [2.05, 4.69) is 16.4 Å². The van der Waals surface area contributed by atoms with E-state index in [1.165, 1.54) is 29.8 Å². The number of thiocarbonyl (C=S) groups is 1. The van der Waals surface area contributed by atoms with Crippen molar-refractivity contribution in [3.05, 3.63) is 113 Å². The van der Waals surface area contributed by atoms with Gasteiger partial charge in [0.05, 0.1) is 18.4 Å². The van der Waals surface area contributed by atoms with Gasteiger partial charge in [-0.3, -0.25) is 9.69 Å². The van der Waals surface area contributed by atoms with Crippen LogP contribution in [0.4, 0.5) is 14.5 Å². The van der Waals surface area contributed by atoms with E-state index in [-0.39, 0.29) is 27.4 Å². The first-order valence-corrected chi connectivity index (χ1v) is 14.2. The molecule has 42 heavy (non-hydrogen) atoms. The number of ether oxygens (including phenoxy) is 1. The quantitative estimate of drug-likeness (QED) is 0.128. The second kappa shape index (κ2) is 12.5. The Kier molecular flexibility index (Phi) is 8.61. The van der Waals surface area contributed by atoms with E-state index in [4.69, 9.17) is 17.0 Å². The number of aryl methyl sites for hydroxylation is 1. The molecule has 4 aromatic rings. The molecule has 1 N–H and O–H groups in total. The molecule has 1 amide bonds. The molecule has 0 radical (unpaired) electrons. The van der Waals surface area contributed by atoms with Gasteiger partial charge in [0, 0.05) is 16.9 Å². The number of hydrogen-bond donors (Lipinski definition) is 1. The number of halogens is 2. The van der Waals surface area contributed by atoms with E-state index >= 15 is 0 Å². The number of anilines is 1. The van der Waals surface area contributed by atoms with Crippen LogP contribution in [0.15, 0.2) is 89.6 Å². The molecule has 3 aromatic carbocycles. The standard InChI is InChI=1S/C32H24F2N4O2S2/c1-19-7-6-10-23(13-19)38-31(39)27(37-32(38)41)15-20-11-12-28(40-2)22(14-20)18-42-30-25(17-35)24(16-26(36-30)29(33)34)21-8-4-3-5-9-21/h3-16,29H,18H2,1-2H3,(H,37,41)/b27-15+. The Bertz CT molecular complexity index is 1750. The van der Waals surface area contributed by atoms with E-state index in [1.54, 1.807) is 42.5 Å². The Morgan fingerprint density at radius 3 is 2.60 bits per heavy atom. The molecule has 1 aliphatic rings. The summed E-state index contributed by atoms with van der Waals surface area (Å²) in [5, 5.41) is 13.5. The zero-order valence-electron chi connectivity index (χ0n) is 22.6. The highest BCUT2D eigenvalue weighted by molar-refractivity contribution is 7.98. The average molecular weight is 599 g/mol. The number of carbonyl (C=O) groups is 1. The van der Waals surface area contributed by atoms with Crippen LogP contribution < -0.4 is 15.0 Å². The van der Waals surface area contributed by atoms with Gasteiger partial charge in [-0.15, -0.1) is 11.8 Å². The summed E-state index contributed by atoms with van der Waals surface area (Å²) in [5.74, 6) is 0.564. The van der Waals surface area contributed by atoms with Gasteiger partial charge in [0.1, 0.15) is 28.2 Å². The summed E-state index contributed by atoms with van der Waals surface area (Å²) in [4.78, 5) is 18.8. The topological polar surface area (TPSA) is 78.2 Å². The van der Waals surface area contributed by atoms with Crippen molar-refractivity contribution < 1.29 is 18.3 Å². The van der Waals surface area contributed by atoms with Gasteiger partial charge >= 0.3 is 0 Å². The predicted molar refractivity (Wildman–Crippen MR) is 164 cm³/mol. The minimum absolute atomic E-state index is 0.201. The number of hydrogen-bond acceptors (Lipinski definition) is 6. The molecule has 1 fully saturated rings. The Balaban J connectivity index is 1.45. The first kappa shape index (κ1) is 28.9. The molecular weight excluding hydrogens is 575 g/mol. The van der Waals surface area contributed by atoms with Gasteiger partial charge in [0.2, 0.25) is 0 Å². The van der Waals surface area contributed by atoms with Gasteiger partial charge in [0.15, 0.2) is 5.11 Å². The third-order valence-electron chi connectivity index (χ3n) is 6.54. The Labute approximate surface area is 251 Å². The van der Waals surface area contributed by atoms with Gasteiger partial charge in [-0.1, -0.05) is 48.5 Å². The van der Waals surface area contributed by atoms with Crippen molar-refractivity contribution in [2.45, 2.75) is 24.1 Å². The molecular formula is C32H24F2N4O2S2. The van der Waals surface area contributed by atoms with Gasteiger partial charge in [0.25, 0.3) is 12.3 Å². The van der Waals surface area contributed by atoms with Crippen molar-refractivity contribution in [1.29, 1.82) is 5.26 Å². The van der Waals surface area contributed by atoms with Crippen molar-refractivity contribution in [3.8, 4) is 22.9 Å². The van der Waals surface area contributed by atoms with E-state index in [9.17, 15) is 18.8 Å². The van der Waals surface area contributed by atoms with E-state index in [0.717, 1.165) is 11.1 Å². The number of rotatable bonds is 8. The van der Waals surface area contributed by atoms with Crippen LogP contribution >= 0.6 is 24.0 Å². The third-order valence-corrected chi connectivity index (χ3v) is 7.85. The van der Waals surface area contributed by atoms with Crippen LogP contribution in [0.3, 0.4) is 0 Å². The van der Waals surface area contributed by atoms with E-state index in [0.29, 0.717) is 33.8 Å². The molecule has 2 heterocycles. The zero-order chi connectivity index (χ0) is 29.8. The lowest BCUT2D eigenvalue weighted by Gasteiger charge is -2.14. The van der Waals surface area contributed by atoms with Crippen molar-refractivity contribution in [3.63, 3.8) is 0 Å². The summed E-state index contributed by atoms with van der Waals surface area (Å²) in [6.07, 6.45) is -1.10. The third kappa shape index (κ3) is 6.03. The number of thioether (sulfide) groups is 1. The highest BCUT2D eigenvalue weighted by Crippen LogP contribution is 2.36. The maximum absolute atomic E-state index is 13.8. The summed E-state index contributed by atoms with van der Waals surface area (Å²) < 4.78 is 33.1. The van der Waals surface area contributed by atoms with Gasteiger partial charge < -0.3 is 10.1 Å². The number of nitrogens with zero attached hydrogens (tertiary/aromatic N) is 3. The zero-order valence-corrected chi connectivity index (χ0v) is 24.2. The van der Waals surface area contributed by atoms with Gasteiger partial charge in [-0.2, -0.15) is 5.26 Å². The lowest BCUT2D eigenvalue weighted by atomic mass is 10.0. The highest BCUT2D eigenvalue weighted by atomic mass is 32.2. The molecule has 5 rings (SSSR count). The average Bonchev–Trinajstić information content (AvgIpc) is 3.27. The molecule has 6 nitrogen and oxygen atoms in total. The van der Waals surface area contributed by atoms with Gasteiger partial charge in [-0.25, -0.2) is 13.8 Å². The minimum Gasteiger partial charge on any atom is -0.496 e. The molecule has 210 valence electrons. The Morgan fingerprint density at radius 2 is 1.90 bits per heavy atom. The normalized spacial score (nSPS) is 13.9. The van der Waals surface area contributed by atoms with Crippen molar-refractivity contribution in [1.82, 2.24) is 10.3 Å². The van der Waals surface area contributed by atoms with E-state index < -0.39 is 12.1 Å². The molecule has 0 saturated carbocycles. The van der Waals surface area contributed by atoms with Crippen molar-refractivity contribution >= 4 is 46.8 Å². The number of aromatic nitrogens is 1. The number of pyridine rings is 1. The van der Waals surface area contributed by atoms with Crippen LogP contribution in [-0.2, 0) is 10.5 Å². The van der Waals surface area contributed by atoms with E-state index in [1.807, 2.05) is 43.3 Å². The maximum Gasteiger partial charge on any atom is 0.281 e. The summed E-state index contributed by atoms with van der Waals surface area (Å²) in [6, 6.07) is 25.3. The summed E-state index contributed by atoms with van der Waals surface area (Å²) >= 11 is 6.61. The summed E-state index contributed by atoms with van der Waals surface area (Å²) in [7, 11) is 1.53. The number of carbonyl (C=O) groups excluding carboxylic acids is 1. The van der Waals surface area contributed by atoms with Crippen LogP contribution in [-0.4, -0.2) is 23.1 Å². The van der Waals surface area contributed by atoms with Crippen molar-refractivity contribution in [2.24, 2.45) is 0 Å². The van der Waals surface area contributed by atoms with Crippen LogP contribution in [0.2, 0.25) is 0 Å². The molecule has 0 atom stereocenters. The van der Waals surface area contributed by atoms with Crippen molar-refractivity contribution in [2.75, 3.05) is 12.0 Å². The molecule has 1 aromatic heterocycles. The number of benzene rings is 3. The number of methoxy groups -OCH3 is 1. The first-order chi connectivity index (χ1) is 20.3. The molecule has 0 unspecified atom stereocenters. The van der Waals surface area contributed by atoms with Crippen LogP contribution in [0.25, 0.3) is 17.2 Å². The number of amides is 1. The van der Waals surface area contributed by atoms with Crippen LogP contribution in [0, 0.1) is 18.3 Å². The van der Waals surface area contributed by atoms with Crippen LogP contribution in [0.1, 0.15) is 34.4 Å². The summed E-state index contributed by atoms with van der Waals surface area (Å²) in [5.41, 5.74) is 4.30. The van der Waals surface area contributed by atoms with Crippen LogP contribution in [0.5, 0.6) is 5.75 Å². The number of nitrogens with one attached hydrogen (secondary N) is 1. The summed E-state index contributed by atoms with van der Waals surface area (Å²) in [6.45, 7) is 1.94. The second-order valence-corrected chi connectivity index (χ2v) is 10.7. The fraction of sp³-hybridized carbons (Fsp3) is 0.125. The predicted octanol–water partition coefficient (Wildman–Crippen LogP) is 7.43. The monoisotopic (exact) mass is 598 g/mol. The maximum atomic E-state index is 13.8. The molecule has 0 spiro atoms. The lowest BCUT2D eigenvalue weighted by Crippen LogP contribution is -2.30. The fourth-order valence-corrected chi connectivity index (χ4v) is 5.85. The van der Waals surface area contributed by atoms with Gasteiger partial charge in [-0.05, 0) is 72.2 Å². The Hall–Kier alpha value is -4.59. The molecule has 0 aliphatic carbocycles. The molecule has 10 heteroatoms. The largest absolute Gasteiger partial charge is 0.496 e. The second-order valence-electron chi connectivity index (χ2n) is 9.38. The minimum atomic E-state index is -2.80.